The van der Waals surface area contributed by atoms with Crippen LogP contribution in [0.25, 0.3) is 0 Å². The molecule has 130 valence electrons. The Morgan fingerprint density at radius 3 is 2.56 bits per heavy atom. The molecule has 1 aliphatic rings. The van der Waals surface area contributed by atoms with Crippen molar-refractivity contribution in [2.75, 3.05) is 16.8 Å². The molecule has 0 radical (unpaired) electrons. The monoisotopic (exact) mass is 374 g/mol. The number of aryl methyl sites for hydroxylation is 1. The van der Waals surface area contributed by atoms with Crippen LogP contribution in [0.1, 0.15) is 23.6 Å². The predicted molar refractivity (Wildman–Crippen MR) is 103 cm³/mol. The van der Waals surface area contributed by atoms with Crippen LogP contribution in [-0.2, 0) is 16.0 Å². The highest BCUT2D eigenvalue weighted by molar-refractivity contribution is 8.00. The molecule has 6 heteroatoms. The summed E-state index contributed by atoms with van der Waals surface area (Å²) in [7, 11) is 0. The van der Waals surface area contributed by atoms with Crippen LogP contribution in [0.3, 0.4) is 0 Å². The molecule has 0 aromatic heterocycles. The van der Waals surface area contributed by atoms with Crippen LogP contribution in [-0.4, -0.2) is 23.3 Å². The van der Waals surface area contributed by atoms with Crippen LogP contribution in [0, 0.1) is 0 Å². The topological polar surface area (TPSA) is 58.2 Å². The lowest BCUT2D eigenvalue weighted by Crippen LogP contribution is -2.29. The summed E-state index contributed by atoms with van der Waals surface area (Å²) < 4.78 is 0. The second-order valence-electron chi connectivity index (χ2n) is 5.91. The molecule has 1 atom stereocenters. The molecule has 0 unspecified atom stereocenters. The van der Waals surface area contributed by atoms with Crippen molar-refractivity contribution in [3.8, 4) is 0 Å². The van der Waals surface area contributed by atoms with Crippen molar-refractivity contribution in [2.45, 2.75) is 18.9 Å². The van der Waals surface area contributed by atoms with Gasteiger partial charge in [0.25, 0.3) is 0 Å². The van der Waals surface area contributed by atoms with E-state index in [9.17, 15) is 9.59 Å². The van der Waals surface area contributed by atoms with Crippen LogP contribution in [0.15, 0.2) is 48.5 Å². The van der Waals surface area contributed by atoms with Gasteiger partial charge in [-0.1, -0.05) is 35.9 Å². The maximum absolute atomic E-state index is 12.1. The summed E-state index contributed by atoms with van der Waals surface area (Å²) in [6, 6.07) is 15.2. The second kappa shape index (κ2) is 8.41. The third kappa shape index (κ3) is 5.00. The largest absolute Gasteiger partial charge is 0.349 e. The van der Waals surface area contributed by atoms with Crippen molar-refractivity contribution in [1.82, 2.24) is 5.32 Å². The highest BCUT2D eigenvalue weighted by Gasteiger charge is 2.23. The van der Waals surface area contributed by atoms with Gasteiger partial charge < -0.3 is 10.6 Å². The number of nitrogens with one attached hydrogen (secondary N) is 2. The average molecular weight is 375 g/mol. The van der Waals surface area contributed by atoms with E-state index >= 15 is 0 Å². The van der Waals surface area contributed by atoms with E-state index in [0.717, 1.165) is 12.8 Å². The second-order valence-corrected chi connectivity index (χ2v) is 7.33. The van der Waals surface area contributed by atoms with Gasteiger partial charge in [0, 0.05) is 10.7 Å². The first-order chi connectivity index (χ1) is 12.1. The summed E-state index contributed by atoms with van der Waals surface area (Å²) in [5.41, 5.74) is 3.21. The number of amides is 2. The van der Waals surface area contributed by atoms with Gasteiger partial charge >= 0.3 is 0 Å². The van der Waals surface area contributed by atoms with Crippen LogP contribution in [0.2, 0.25) is 5.02 Å². The smallest absolute Gasteiger partial charge is 0.234 e. The van der Waals surface area contributed by atoms with E-state index in [4.69, 9.17) is 11.6 Å². The molecule has 2 amide bonds. The lowest BCUT2D eigenvalue weighted by Gasteiger charge is -2.14. The fourth-order valence-corrected chi connectivity index (χ4v) is 3.66. The van der Waals surface area contributed by atoms with Gasteiger partial charge in [0.15, 0.2) is 0 Å². The van der Waals surface area contributed by atoms with Gasteiger partial charge in [-0.2, -0.15) is 0 Å². The van der Waals surface area contributed by atoms with Crippen molar-refractivity contribution in [2.24, 2.45) is 0 Å². The molecule has 2 aromatic carbocycles. The quantitative estimate of drug-likeness (QED) is 0.808. The standard InChI is InChI=1S/C19H19ClN2O2S/c20-14-6-8-15(9-7-14)21-18(23)11-25-12-19(24)22-17-10-5-13-3-1-2-4-16(13)17/h1-4,6-9,17H,5,10-12H2,(H,21,23)(H,22,24)/t17-/m0/s1. The van der Waals surface area contributed by atoms with Gasteiger partial charge in [-0.15, -0.1) is 11.8 Å². The molecule has 0 aliphatic heterocycles. The summed E-state index contributed by atoms with van der Waals surface area (Å²) >= 11 is 7.11. The Balaban J connectivity index is 1.39. The third-order valence-electron chi connectivity index (χ3n) is 4.06. The van der Waals surface area contributed by atoms with E-state index in [1.165, 1.54) is 22.9 Å². The molecule has 0 bridgehead atoms. The number of halogens is 1. The maximum Gasteiger partial charge on any atom is 0.234 e. The van der Waals surface area contributed by atoms with Crippen LogP contribution >= 0.6 is 23.4 Å². The zero-order valence-electron chi connectivity index (χ0n) is 13.6. The number of hydrogen-bond donors (Lipinski definition) is 2. The van der Waals surface area contributed by atoms with Crippen LogP contribution < -0.4 is 10.6 Å². The van der Waals surface area contributed by atoms with E-state index in [0.29, 0.717) is 10.7 Å². The minimum absolute atomic E-state index is 0.0361. The zero-order valence-corrected chi connectivity index (χ0v) is 15.2. The average Bonchev–Trinajstić information content (AvgIpc) is 3.00. The molecule has 0 fully saturated rings. The van der Waals surface area contributed by atoms with E-state index in [-0.39, 0.29) is 29.4 Å². The molecule has 2 aromatic rings. The summed E-state index contributed by atoms with van der Waals surface area (Å²) in [6.45, 7) is 0. The van der Waals surface area contributed by atoms with E-state index in [1.807, 2.05) is 12.1 Å². The fraction of sp³-hybridized carbons (Fsp3) is 0.263. The number of carbonyl (C=O) groups excluding carboxylic acids is 2. The molecule has 25 heavy (non-hydrogen) atoms. The maximum atomic E-state index is 12.1. The number of hydrogen-bond acceptors (Lipinski definition) is 3. The molecule has 2 N–H and O–H groups in total. The van der Waals surface area contributed by atoms with Gasteiger partial charge in [0.2, 0.25) is 11.8 Å². The zero-order chi connectivity index (χ0) is 17.6. The molecule has 0 saturated heterocycles. The first-order valence-electron chi connectivity index (χ1n) is 8.12. The lowest BCUT2D eigenvalue weighted by molar-refractivity contribution is -0.119. The van der Waals surface area contributed by atoms with Crippen molar-refractivity contribution in [1.29, 1.82) is 0 Å². The number of thioether (sulfide) groups is 1. The molecular weight excluding hydrogens is 356 g/mol. The fourth-order valence-electron chi connectivity index (χ4n) is 2.91. The van der Waals surface area contributed by atoms with Gasteiger partial charge in [-0.05, 0) is 48.2 Å². The number of rotatable bonds is 6. The highest BCUT2D eigenvalue weighted by atomic mass is 35.5. The van der Waals surface area contributed by atoms with E-state index in [2.05, 4.69) is 22.8 Å². The van der Waals surface area contributed by atoms with Crippen LogP contribution in [0.5, 0.6) is 0 Å². The summed E-state index contributed by atoms with van der Waals surface area (Å²) in [5.74, 6) is 0.335. The van der Waals surface area contributed by atoms with Crippen molar-refractivity contribution < 1.29 is 9.59 Å². The normalized spacial score (nSPS) is 15.5. The molecule has 4 nitrogen and oxygen atoms in total. The van der Waals surface area contributed by atoms with Crippen LogP contribution in [0.4, 0.5) is 5.69 Å². The Kier molecular flexibility index (Phi) is 6.00. The minimum atomic E-state index is -0.133. The summed E-state index contributed by atoms with van der Waals surface area (Å²) in [6.07, 6.45) is 1.94. The van der Waals surface area contributed by atoms with E-state index < -0.39 is 0 Å². The summed E-state index contributed by atoms with van der Waals surface area (Å²) in [4.78, 5) is 24.0. The van der Waals surface area contributed by atoms with Gasteiger partial charge in [-0.25, -0.2) is 0 Å². The van der Waals surface area contributed by atoms with Gasteiger partial charge in [0.1, 0.15) is 0 Å². The van der Waals surface area contributed by atoms with E-state index in [1.54, 1.807) is 24.3 Å². The Bertz CT molecular complexity index is 764. The Morgan fingerprint density at radius 1 is 1.04 bits per heavy atom. The van der Waals surface area contributed by atoms with Crippen molar-refractivity contribution >= 4 is 40.9 Å². The molecule has 0 saturated carbocycles. The first kappa shape index (κ1) is 17.8. The third-order valence-corrected chi connectivity index (χ3v) is 5.25. The molecule has 1 aliphatic carbocycles. The SMILES string of the molecule is O=C(CSCC(=O)N[C@H]1CCc2ccccc21)Nc1ccc(Cl)cc1. The summed E-state index contributed by atoms with van der Waals surface area (Å²) in [5, 5.41) is 6.46. The van der Waals surface area contributed by atoms with Gasteiger partial charge in [0.05, 0.1) is 17.5 Å². The molecular formula is C19H19ClN2O2S. The lowest BCUT2D eigenvalue weighted by atomic mass is 10.1. The number of carbonyl (C=O) groups is 2. The highest BCUT2D eigenvalue weighted by Crippen LogP contribution is 2.30. The molecule has 0 heterocycles. The molecule has 0 spiro atoms. The Hall–Kier alpha value is -1.98. The van der Waals surface area contributed by atoms with Crippen molar-refractivity contribution in [3.05, 3.63) is 64.7 Å². The number of fused-ring (bicyclic) bond motifs is 1. The predicted octanol–water partition coefficient (Wildman–Crippen LogP) is 3.82. The molecule has 3 rings (SSSR count). The minimum Gasteiger partial charge on any atom is -0.349 e. The Labute approximate surface area is 156 Å². The van der Waals surface area contributed by atoms with Crippen molar-refractivity contribution in [3.63, 3.8) is 0 Å². The number of benzene rings is 2. The number of anilines is 1. The first-order valence-corrected chi connectivity index (χ1v) is 9.65. The Morgan fingerprint density at radius 2 is 1.76 bits per heavy atom. The van der Waals surface area contributed by atoms with Gasteiger partial charge in [-0.3, -0.25) is 9.59 Å².